The van der Waals surface area contributed by atoms with Gasteiger partial charge in [0.1, 0.15) is 0 Å². The molecule has 1 aromatic rings. The quantitative estimate of drug-likeness (QED) is 0.791. The number of aromatic nitrogens is 1. The highest BCUT2D eigenvalue weighted by atomic mass is 35.5. The largest absolute Gasteiger partial charge is 0.326 e. The standard InChI is InChI=1S/C8H7ClF2N2O/c9-7(14)5-3-13-2-4(1-12)6(5)8(10)11/h2-3,8H,1,12H2. The summed E-state index contributed by atoms with van der Waals surface area (Å²) >= 11 is 5.13. The van der Waals surface area contributed by atoms with Crippen molar-refractivity contribution < 1.29 is 13.6 Å². The number of hydrogen-bond donors (Lipinski definition) is 1. The van der Waals surface area contributed by atoms with E-state index in [1.807, 2.05) is 0 Å². The van der Waals surface area contributed by atoms with Gasteiger partial charge < -0.3 is 5.73 Å². The number of hydrogen-bond acceptors (Lipinski definition) is 3. The molecule has 1 aromatic heterocycles. The number of nitrogens with two attached hydrogens (primary N) is 1. The summed E-state index contributed by atoms with van der Waals surface area (Å²) in [6, 6.07) is 0. The molecule has 0 aromatic carbocycles. The van der Waals surface area contributed by atoms with Crippen LogP contribution < -0.4 is 5.73 Å². The van der Waals surface area contributed by atoms with Crippen LogP contribution in [0.4, 0.5) is 8.78 Å². The predicted molar refractivity (Wildman–Crippen MR) is 47.3 cm³/mol. The van der Waals surface area contributed by atoms with E-state index in [9.17, 15) is 13.6 Å². The molecule has 14 heavy (non-hydrogen) atoms. The van der Waals surface area contributed by atoms with Crippen LogP contribution >= 0.6 is 11.6 Å². The average molecular weight is 221 g/mol. The lowest BCUT2D eigenvalue weighted by molar-refractivity contribution is 0.106. The summed E-state index contributed by atoms with van der Waals surface area (Å²) in [6.07, 6.45) is -0.574. The number of rotatable bonds is 3. The van der Waals surface area contributed by atoms with E-state index in [0.29, 0.717) is 0 Å². The van der Waals surface area contributed by atoms with Crippen molar-refractivity contribution >= 4 is 16.8 Å². The van der Waals surface area contributed by atoms with Crippen molar-refractivity contribution in [3.8, 4) is 0 Å². The molecule has 3 nitrogen and oxygen atoms in total. The molecule has 0 radical (unpaired) electrons. The lowest BCUT2D eigenvalue weighted by Crippen LogP contribution is -2.08. The minimum absolute atomic E-state index is 0.106. The van der Waals surface area contributed by atoms with Gasteiger partial charge in [0.15, 0.2) is 0 Å². The molecule has 0 bridgehead atoms. The normalized spacial score (nSPS) is 10.6. The van der Waals surface area contributed by atoms with Crippen LogP contribution in [0.5, 0.6) is 0 Å². The molecule has 0 aliphatic carbocycles. The molecule has 0 saturated heterocycles. The second kappa shape index (κ2) is 4.43. The highest BCUT2D eigenvalue weighted by Crippen LogP contribution is 2.26. The Morgan fingerprint density at radius 1 is 1.57 bits per heavy atom. The van der Waals surface area contributed by atoms with Crippen LogP contribution in [-0.4, -0.2) is 10.2 Å². The molecule has 0 unspecified atom stereocenters. The molecular weight excluding hydrogens is 214 g/mol. The van der Waals surface area contributed by atoms with Gasteiger partial charge in [-0.2, -0.15) is 0 Å². The average Bonchev–Trinajstić information content (AvgIpc) is 2.16. The molecule has 0 amide bonds. The van der Waals surface area contributed by atoms with Gasteiger partial charge in [0, 0.05) is 24.5 Å². The van der Waals surface area contributed by atoms with E-state index in [-0.39, 0.29) is 17.7 Å². The second-order valence-electron chi connectivity index (χ2n) is 2.54. The number of carbonyl (C=O) groups is 1. The van der Waals surface area contributed by atoms with Gasteiger partial charge in [-0.25, -0.2) is 8.78 Å². The number of pyridine rings is 1. The lowest BCUT2D eigenvalue weighted by atomic mass is 10.1. The van der Waals surface area contributed by atoms with Crippen LogP contribution in [-0.2, 0) is 6.54 Å². The first-order valence-corrected chi connectivity index (χ1v) is 4.10. The molecule has 2 N–H and O–H groups in total. The van der Waals surface area contributed by atoms with E-state index < -0.39 is 17.2 Å². The fourth-order valence-corrected chi connectivity index (χ4v) is 1.24. The van der Waals surface area contributed by atoms with E-state index in [0.717, 1.165) is 6.20 Å². The van der Waals surface area contributed by atoms with Gasteiger partial charge >= 0.3 is 0 Å². The van der Waals surface area contributed by atoms with Crippen LogP contribution in [0.2, 0.25) is 0 Å². The van der Waals surface area contributed by atoms with E-state index in [2.05, 4.69) is 4.98 Å². The first kappa shape index (κ1) is 11.0. The van der Waals surface area contributed by atoms with Crippen LogP contribution in [0.1, 0.15) is 27.9 Å². The van der Waals surface area contributed by atoms with E-state index >= 15 is 0 Å². The van der Waals surface area contributed by atoms with Crippen molar-refractivity contribution in [1.82, 2.24) is 4.98 Å². The first-order chi connectivity index (χ1) is 6.57. The fourth-order valence-electron chi connectivity index (χ4n) is 1.09. The Hall–Kier alpha value is -1.07. The third kappa shape index (κ3) is 2.05. The Bertz CT molecular complexity index is 357. The van der Waals surface area contributed by atoms with Crippen molar-refractivity contribution in [2.75, 3.05) is 0 Å². The SMILES string of the molecule is NCc1cncc(C(=O)Cl)c1C(F)F. The van der Waals surface area contributed by atoms with Gasteiger partial charge in [-0.05, 0) is 17.2 Å². The summed E-state index contributed by atoms with van der Waals surface area (Å²) in [5.74, 6) is 0. The summed E-state index contributed by atoms with van der Waals surface area (Å²) in [4.78, 5) is 14.4. The molecule has 1 rings (SSSR count). The van der Waals surface area contributed by atoms with Gasteiger partial charge in [-0.3, -0.25) is 9.78 Å². The summed E-state index contributed by atoms with van der Waals surface area (Å²) in [5.41, 5.74) is 4.65. The molecule has 0 atom stereocenters. The monoisotopic (exact) mass is 220 g/mol. The van der Waals surface area contributed by atoms with Crippen molar-refractivity contribution in [1.29, 1.82) is 0 Å². The number of alkyl halides is 2. The van der Waals surface area contributed by atoms with Crippen LogP contribution in [0, 0.1) is 0 Å². The third-order valence-corrected chi connectivity index (χ3v) is 1.92. The van der Waals surface area contributed by atoms with E-state index in [1.165, 1.54) is 6.20 Å². The van der Waals surface area contributed by atoms with Gasteiger partial charge in [0.2, 0.25) is 0 Å². The maximum atomic E-state index is 12.5. The van der Waals surface area contributed by atoms with Crippen LogP contribution in [0.15, 0.2) is 12.4 Å². The first-order valence-electron chi connectivity index (χ1n) is 3.72. The van der Waals surface area contributed by atoms with Crippen molar-refractivity contribution in [3.63, 3.8) is 0 Å². The maximum Gasteiger partial charge on any atom is 0.265 e. The maximum absolute atomic E-state index is 12.5. The number of nitrogens with zero attached hydrogens (tertiary/aromatic N) is 1. The number of halogens is 3. The highest BCUT2D eigenvalue weighted by Gasteiger charge is 2.20. The molecular formula is C8H7ClF2N2O. The molecule has 1 heterocycles. The van der Waals surface area contributed by atoms with E-state index in [1.54, 1.807) is 0 Å². The summed E-state index contributed by atoms with van der Waals surface area (Å²) < 4.78 is 25.1. The molecule has 0 saturated carbocycles. The van der Waals surface area contributed by atoms with Gasteiger partial charge in [-0.1, -0.05) is 0 Å². The summed E-state index contributed by atoms with van der Waals surface area (Å²) in [5, 5.41) is -0.955. The fraction of sp³-hybridized carbons (Fsp3) is 0.250. The van der Waals surface area contributed by atoms with E-state index in [4.69, 9.17) is 17.3 Å². The smallest absolute Gasteiger partial charge is 0.265 e. The molecule has 6 heteroatoms. The van der Waals surface area contributed by atoms with Gasteiger partial charge in [0.05, 0.1) is 5.56 Å². The Balaban J connectivity index is 3.35. The van der Waals surface area contributed by atoms with Gasteiger partial charge in [-0.15, -0.1) is 0 Å². The third-order valence-electron chi connectivity index (χ3n) is 1.72. The van der Waals surface area contributed by atoms with Gasteiger partial charge in [0.25, 0.3) is 11.7 Å². The Morgan fingerprint density at radius 2 is 2.21 bits per heavy atom. The van der Waals surface area contributed by atoms with Crippen LogP contribution in [0.25, 0.3) is 0 Å². The summed E-state index contributed by atoms with van der Waals surface area (Å²) in [7, 11) is 0. The zero-order chi connectivity index (χ0) is 10.7. The second-order valence-corrected chi connectivity index (χ2v) is 2.88. The molecule has 0 aliphatic heterocycles. The Labute approximate surface area is 83.9 Å². The lowest BCUT2D eigenvalue weighted by Gasteiger charge is -2.08. The Kier molecular flexibility index (Phi) is 3.49. The van der Waals surface area contributed by atoms with Crippen molar-refractivity contribution in [2.45, 2.75) is 13.0 Å². The topological polar surface area (TPSA) is 56.0 Å². The molecule has 76 valence electrons. The zero-order valence-corrected chi connectivity index (χ0v) is 7.76. The zero-order valence-electron chi connectivity index (χ0n) is 7.01. The molecule has 0 spiro atoms. The molecule has 0 aliphatic rings. The minimum Gasteiger partial charge on any atom is -0.326 e. The van der Waals surface area contributed by atoms with Crippen LogP contribution in [0.3, 0.4) is 0 Å². The van der Waals surface area contributed by atoms with Crippen molar-refractivity contribution in [3.05, 3.63) is 29.1 Å². The number of carbonyl (C=O) groups excluding carboxylic acids is 1. The minimum atomic E-state index is -2.78. The highest BCUT2D eigenvalue weighted by molar-refractivity contribution is 6.67. The predicted octanol–water partition coefficient (Wildman–Crippen LogP) is 1.86. The Morgan fingerprint density at radius 3 is 2.64 bits per heavy atom. The van der Waals surface area contributed by atoms with Crippen molar-refractivity contribution in [2.24, 2.45) is 5.73 Å². The summed E-state index contributed by atoms with van der Waals surface area (Å²) in [6.45, 7) is -0.106. The molecule has 0 fully saturated rings.